The summed E-state index contributed by atoms with van der Waals surface area (Å²) in [6.07, 6.45) is 9.86. The van der Waals surface area contributed by atoms with Gasteiger partial charge in [0.2, 0.25) is 0 Å². The molecule has 0 bridgehead atoms. The van der Waals surface area contributed by atoms with Crippen molar-refractivity contribution in [2.24, 2.45) is 0 Å². The molecule has 1 N–H and O–H groups in total. The van der Waals surface area contributed by atoms with Crippen molar-refractivity contribution >= 4 is 39.1 Å². The molecule has 1 aromatic heterocycles. The highest BCUT2D eigenvalue weighted by atomic mass is 79.9. The van der Waals surface area contributed by atoms with Crippen LogP contribution in [-0.4, -0.2) is 27.6 Å². The predicted octanol–water partition coefficient (Wildman–Crippen LogP) is 3.97. The minimum Gasteiger partial charge on any atom is -0.343 e. The fourth-order valence-electron chi connectivity index (χ4n) is 2.21. The molecule has 1 aliphatic rings. The largest absolute Gasteiger partial charge is 0.343 e. The maximum absolute atomic E-state index is 5.50. The first-order valence-electron chi connectivity index (χ1n) is 6.56. The van der Waals surface area contributed by atoms with Gasteiger partial charge in [0.25, 0.3) is 0 Å². The third kappa shape index (κ3) is 4.01. The van der Waals surface area contributed by atoms with Gasteiger partial charge in [-0.15, -0.1) is 0 Å². The lowest BCUT2D eigenvalue weighted by atomic mass is 10.0. The van der Waals surface area contributed by atoms with Crippen molar-refractivity contribution < 1.29 is 0 Å². The topological polar surface area (TPSA) is 28.2 Å². The smallest absolute Gasteiger partial charge is 0.175 e. The number of hydrogen-bond donors (Lipinski definition) is 1. The molecule has 1 unspecified atom stereocenters. The number of nitrogens with zero attached hydrogens (tertiary/aromatic N) is 2. The van der Waals surface area contributed by atoms with Crippen molar-refractivity contribution in [3.05, 3.63) is 35.0 Å². The van der Waals surface area contributed by atoms with Crippen LogP contribution < -0.4 is 5.32 Å². The fourth-order valence-corrected chi connectivity index (χ4v) is 2.82. The number of rotatable bonds is 3. The van der Waals surface area contributed by atoms with Crippen LogP contribution in [0.25, 0.3) is 0 Å². The number of pyridine rings is 1. The summed E-state index contributed by atoms with van der Waals surface area (Å²) in [6, 6.07) is 4.28. The Labute approximate surface area is 128 Å². The Morgan fingerprint density at radius 1 is 1.58 bits per heavy atom. The van der Waals surface area contributed by atoms with E-state index in [0.29, 0.717) is 6.04 Å². The Balaban J connectivity index is 2.02. The van der Waals surface area contributed by atoms with Crippen LogP contribution in [0.15, 0.2) is 35.0 Å². The Morgan fingerprint density at radius 3 is 3.00 bits per heavy atom. The maximum Gasteiger partial charge on any atom is 0.175 e. The normalized spacial score (nSPS) is 18.1. The van der Waals surface area contributed by atoms with Crippen LogP contribution in [-0.2, 0) is 0 Å². The fraction of sp³-hybridized carbons (Fsp3) is 0.429. The molecule has 0 aliphatic heterocycles. The number of allylic oxidation sites excluding steroid dienone is 1. The number of anilines is 1. The van der Waals surface area contributed by atoms with Crippen molar-refractivity contribution in [3.63, 3.8) is 0 Å². The lowest BCUT2D eigenvalue weighted by Gasteiger charge is -2.32. The van der Waals surface area contributed by atoms with E-state index >= 15 is 0 Å². The summed E-state index contributed by atoms with van der Waals surface area (Å²) in [5.41, 5.74) is 0. The molecule has 1 heterocycles. The van der Waals surface area contributed by atoms with E-state index < -0.39 is 0 Å². The molecule has 2 rings (SSSR count). The number of halogens is 1. The molecule has 1 atom stereocenters. The molecule has 0 saturated carbocycles. The minimum atomic E-state index is 0.411. The third-order valence-electron chi connectivity index (χ3n) is 3.19. The van der Waals surface area contributed by atoms with E-state index in [4.69, 9.17) is 12.2 Å². The van der Waals surface area contributed by atoms with E-state index in [0.717, 1.165) is 21.9 Å². The van der Waals surface area contributed by atoms with E-state index in [1.165, 1.54) is 19.3 Å². The zero-order valence-corrected chi connectivity index (χ0v) is 13.4. The van der Waals surface area contributed by atoms with Crippen LogP contribution >= 0.6 is 28.1 Å². The van der Waals surface area contributed by atoms with Crippen molar-refractivity contribution in [3.8, 4) is 0 Å². The highest BCUT2D eigenvalue weighted by Gasteiger charge is 2.18. The highest BCUT2D eigenvalue weighted by Crippen LogP contribution is 2.18. The summed E-state index contributed by atoms with van der Waals surface area (Å²) in [4.78, 5) is 6.51. The van der Waals surface area contributed by atoms with Crippen LogP contribution in [0.3, 0.4) is 0 Å². The number of aromatic nitrogens is 1. The Bertz CT molecular complexity index is 458. The Morgan fingerprint density at radius 2 is 2.42 bits per heavy atom. The van der Waals surface area contributed by atoms with E-state index in [2.05, 4.69) is 50.2 Å². The van der Waals surface area contributed by atoms with Crippen molar-refractivity contribution in [2.45, 2.75) is 32.2 Å². The number of nitrogens with one attached hydrogen (secondary N) is 1. The SMILES string of the molecule is CCN(C(=S)Nc1ccc(Br)cn1)C1C=CCCC1. The molecule has 0 spiro atoms. The molecular formula is C14H18BrN3S. The maximum atomic E-state index is 5.50. The van der Waals surface area contributed by atoms with E-state index in [-0.39, 0.29) is 0 Å². The first kappa shape index (κ1) is 14.5. The van der Waals surface area contributed by atoms with Crippen LogP contribution in [0.5, 0.6) is 0 Å². The molecule has 0 fully saturated rings. The molecule has 1 aromatic rings. The van der Waals surface area contributed by atoms with Gasteiger partial charge in [-0.3, -0.25) is 0 Å². The molecule has 102 valence electrons. The van der Waals surface area contributed by atoms with Gasteiger partial charge in [-0.25, -0.2) is 4.98 Å². The second kappa shape index (κ2) is 7.01. The quantitative estimate of drug-likeness (QED) is 0.666. The molecule has 0 saturated heterocycles. The third-order valence-corrected chi connectivity index (χ3v) is 4.00. The first-order valence-corrected chi connectivity index (χ1v) is 7.76. The van der Waals surface area contributed by atoms with E-state index in [9.17, 15) is 0 Å². The Hall–Kier alpha value is -0.940. The van der Waals surface area contributed by atoms with Crippen LogP contribution in [0.4, 0.5) is 5.82 Å². The minimum absolute atomic E-state index is 0.411. The number of likely N-dealkylation sites (N-methyl/N-ethyl adjacent to an activating group) is 1. The molecule has 5 heteroatoms. The van der Waals surface area contributed by atoms with Gasteiger partial charge in [-0.05, 0) is 66.5 Å². The monoisotopic (exact) mass is 339 g/mol. The summed E-state index contributed by atoms with van der Waals surface area (Å²) in [5, 5.41) is 3.95. The van der Waals surface area contributed by atoms with Crippen LogP contribution in [0.2, 0.25) is 0 Å². The summed E-state index contributed by atoms with van der Waals surface area (Å²) < 4.78 is 0.964. The second-order valence-electron chi connectivity index (χ2n) is 4.50. The van der Waals surface area contributed by atoms with Gasteiger partial charge in [0, 0.05) is 23.3 Å². The summed E-state index contributed by atoms with van der Waals surface area (Å²) in [5.74, 6) is 0.784. The molecule has 1 aliphatic carbocycles. The van der Waals surface area contributed by atoms with E-state index in [1.54, 1.807) is 6.20 Å². The van der Waals surface area contributed by atoms with Crippen LogP contribution in [0, 0.1) is 0 Å². The standard InChI is InChI=1S/C14H18BrN3S/c1-2-18(12-6-4-3-5-7-12)14(19)17-13-9-8-11(15)10-16-13/h4,6,8-10,12H,2-3,5,7H2,1H3,(H,16,17,19). The van der Waals surface area contributed by atoms with Gasteiger partial charge in [0.05, 0.1) is 0 Å². The van der Waals surface area contributed by atoms with Gasteiger partial charge in [-0.2, -0.15) is 0 Å². The average Bonchev–Trinajstić information content (AvgIpc) is 2.43. The molecule has 0 radical (unpaired) electrons. The number of thiocarbonyl (C=S) groups is 1. The zero-order chi connectivity index (χ0) is 13.7. The first-order chi connectivity index (χ1) is 9.20. The van der Waals surface area contributed by atoms with Gasteiger partial charge in [0.1, 0.15) is 5.82 Å². The predicted molar refractivity (Wildman–Crippen MR) is 87.3 cm³/mol. The summed E-state index contributed by atoms with van der Waals surface area (Å²) in [7, 11) is 0. The lowest BCUT2D eigenvalue weighted by Crippen LogP contribution is -2.42. The lowest BCUT2D eigenvalue weighted by molar-refractivity contribution is 0.349. The van der Waals surface area contributed by atoms with Gasteiger partial charge < -0.3 is 10.2 Å². The molecule has 3 nitrogen and oxygen atoms in total. The van der Waals surface area contributed by atoms with Crippen LogP contribution in [0.1, 0.15) is 26.2 Å². The molecule has 19 heavy (non-hydrogen) atoms. The van der Waals surface area contributed by atoms with Crippen molar-refractivity contribution in [2.75, 3.05) is 11.9 Å². The zero-order valence-electron chi connectivity index (χ0n) is 11.0. The van der Waals surface area contributed by atoms with Gasteiger partial charge >= 0.3 is 0 Å². The van der Waals surface area contributed by atoms with Crippen molar-refractivity contribution in [1.82, 2.24) is 9.88 Å². The highest BCUT2D eigenvalue weighted by molar-refractivity contribution is 9.10. The summed E-state index contributed by atoms with van der Waals surface area (Å²) in [6.45, 7) is 3.03. The number of hydrogen-bond acceptors (Lipinski definition) is 2. The summed E-state index contributed by atoms with van der Waals surface area (Å²) >= 11 is 8.87. The molecular weight excluding hydrogens is 322 g/mol. The van der Waals surface area contributed by atoms with Gasteiger partial charge in [0.15, 0.2) is 5.11 Å². The van der Waals surface area contributed by atoms with Gasteiger partial charge in [-0.1, -0.05) is 12.2 Å². The molecule has 0 amide bonds. The Kier molecular flexibility index (Phi) is 5.34. The van der Waals surface area contributed by atoms with Crippen molar-refractivity contribution in [1.29, 1.82) is 0 Å². The molecule has 0 aromatic carbocycles. The second-order valence-corrected chi connectivity index (χ2v) is 5.81. The average molecular weight is 340 g/mol. The van der Waals surface area contributed by atoms with E-state index in [1.807, 2.05) is 12.1 Å².